The van der Waals surface area contributed by atoms with Gasteiger partial charge >= 0.3 is 0 Å². The molecule has 2 rings (SSSR count). The van der Waals surface area contributed by atoms with Crippen molar-refractivity contribution in [3.63, 3.8) is 0 Å². The fraction of sp³-hybridized carbons (Fsp3) is 0.200. The second-order valence-corrected chi connectivity index (χ2v) is 5.48. The predicted molar refractivity (Wildman–Crippen MR) is 79.2 cm³/mol. The Labute approximate surface area is 120 Å². The number of hydrogen-bond donors (Lipinski definition) is 2. The molecular formula is C15H16BrFN2. The molecule has 0 heterocycles. The van der Waals surface area contributed by atoms with Crippen LogP contribution < -0.4 is 11.3 Å². The molecule has 1 atom stereocenters. The predicted octanol–water partition coefficient (Wildman–Crippen LogP) is 3.76. The molecule has 0 spiro atoms. The Balaban J connectivity index is 2.52. The minimum atomic E-state index is -0.236. The molecule has 0 amide bonds. The van der Waals surface area contributed by atoms with Gasteiger partial charge in [-0.15, -0.1) is 0 Å². The summed E-state index contributed by atoms with van der Waals surface area (Å²) in [6.45, 7) is 3.91. The Hall–Kier alpha value is -1.23. The number of nitrogens with two attached hydrogens (primary N) is 1. The summed E-state index contributed by atoms with van der Waals surface area (Å²) in [4.78, 5) is 0. The van der Waals surface area contributed by atoms with Crippen molar-refractivity contribution in [2.24, 2.45) is 5.84 Å². The molecule has 0 aliphatic heterocycles. The smallest absolute Gasteiger partial charge is 0.123 e. The first-order valence-corrected chi connectivity index (χ1v) is 6.80. The number of hydrazine groups is 1. The molecule has 0 bridgehead atoms. The van der Waals surface area contributed by atoms with Crippen LogP contribution in [0.3, 0.4) is 0 Å². The Morgan fingerprint density at radius 2 is 1.84 bits per heavy atom. The van der Waals surface area contributed by atoms with Crippen molar-refractivity contribution in [2.75, 3.05) is 0 Å². The van der Waals surface area contributed by atoms with Crippen molar-refractivity contribution in [1.82, 2.24) is 5.43 Å². The molecule has 0 aliphatic carbocycles. The minimum absolute atomic E-state index is 0.171. The van der Waals surface area contributed by atoms with E-state index in [9.17, 15) is 4.39 Å². The van der Waals surface area contributed by atoms with E-state index in [1.807, 2.05) is 26.0 Å². The van der Waals surface area contributed by atoms with Gasteiger partial charge < -0.3 is 0 Å². The molecule has 0 aliphatic rings. The van der Waals surface area contributed by atoms with Gasteiger partial charge in [-0.25, -0.2) is 9.82 Å². The van der Waals surface area contributed by atoms with Crippen LogP contribution in [0, 0.1) is 19.7 Å². The van der Waals surface area contributed by atoms with Crippen LogP contribution in [-0.2, 0) is 0 Å². The summed E-state index contributed by atoms with van der Waals surface area (Å²) in [6.07, 6.45) is 0. The summed E-state index contributed by atoms with van der Waals surface area (Å²) < 4.78 is 14.2. The van der Waals surface area contributed by atoms with Crippen molar-refractivity contribution in [3.05, 3.63) is 68.9 Å². The highest BCUT2D eigenvalue weighted by Crippen LogP contribution is 2.30. The third kappa shape index (κ3) is 3.03. The summed E-state index contributed by atoms with van der Waals surface area (Å²) in [5, 5.41) is 0. The van der Waals surface area contributed by atoms with Crippen LogP contribution in [0.5, 0.6) is 0 Å². The van der Waals surface area contributed by atoms with Crippen molar-refractivity contribution in [1.29, 1.82) is 0 Å². The summed E-state index contributed by atoms with van der Waals surface area (Å²) in [7, 11) is 0. The fourth-order valence-corrected chi connectivity index (χ4v) is 2.67. The molecule has 1 unspecified atom stereocenters. The van der Waals surface area contributed by atoms with Crippen molar-refractivity contribution in [2.45, 2.75) is 19.9 Å². The summed E-state index contributed by atoms with van der Waals surface area (Å²) in [5.41, 5.74) is 6.84. The first kappa shape index (κ1) is 14.2. The van der Waals surface area contributed by atoms with Gasteiger partial charge in [0.25, 0.3) is 0 Å². The maximum absolute atomic E-state index is 13.2. The topological polar surface area (TPSA) is 38.0 Å². The third-order valence-electron chi connectivity index (χ3n) is 3.17. The average Bonchev–Trinajstić information content (AvgIpc) is 2.36. The number of hydrogen-bond acceptors (Lipinski definition) is 2. The van der Waals surface area contributed by atoms with Gasteiger partial charge in [0.2, 0.25) is 0 Å². The zero-order valence-corrected chi connectivity index (χ0v) is 12.5. The quantitative estimate of drug-likeness (QED) is 0.667. The SMILES string of the molecule is Cc1ccc(Br)c(C(NN)c2ccc(F)cc2C)c1. The second kappa shape index (κ2) is 5.82. The largest absolute Gasteiger partial charge is 0.271 e. The van der Waals surface area contributed by atoms with Crippen LogP contribution in [-0.4, -0.2) is 0 Å². The van der Waals surface area contributed by atoms with Crippen molar-refractivity contribution in [3.8, 4) is 0 Å². The number of aryl methyl sites for hydroxylation is 2. The van der Waals surface area contributed by atoms with Crippen LogP contribution >= 0.6 is 15.9 Å². The van der Waals surface area contributed by atoms with E-state index in [4.69, 9.17) is 5.84 Å². The second-order valence-electron chi connectivity index (χ2n) is 4.63. The van der Waals surface area contributed by atoms with E-state index in [1.54, 1.807) is 6.07 Å². The van der Waals surface area contributed by atoms with Crippen LogP contribution in [0.1, 0.15) is 28.3 Å². The van der Waals surface area contributed by atoms with Crippen LogP contribution in [0.2, 0.25) is 0 Å². The zero-order chi connectivity index (χ0) is 14.0. The lowest BCUT2D eigenvalue weighted by atomic mass is 9.94. The summed E-state index contributed by atoms with van der Waals surface area (Å²) >= 11 is 3.54. The van der Waals surface area contributed by atoms with Crippen LogP contribution in [0.25, 0.3) is 0 Å². The molecule has 2 aromatic rings. The van der Waals surface area contributed by atoms with Crippen LogP contribution in [0.4, 0.5) is 4.39 Å². The number of rotatable bonds is 3. The molecule has 4 heteroatoms. The lowest BCUT2D eigenvalue weighted by Crippen LogP contribution is -2.29. The maximum Gasteiger partial charge on any atom is 0.123 e. The van der Waals surface area contributed by atoms with Crippen molar-refractivity contribution >= 4 is 15.9 Å². The zero-order valence-electron chi connectivity index (χ0n) is 10.9. The Kier molecular flexibility index (Phi) is 4.34. The highest BCUT2D eigenvalue weighted by atomic mass is 79.9. The molecule has 100 valence electrons. The van der Waals surface area contributed by atoms with E-state index >= 15 is 0 Å². The minimum Gasteiger partial charge on any atom is -0.271 e. The molecule has 3 N–H and O–H groups in total. The van der Waals surface area contributed by atoms with Crippen molar-refractivity contribution < 1.29 is 4.39 Å². The normalized spacial score (nSPS) is 12.5. The highest BCUT2D eigenvalue weighted by Gasteiger charge is 2.17. The third-order valence-corrected chi connectivity index (χ3v) is 3.89. The van der Waals surface area contributed by atoms with Gasteiger partial charge in [-0.2, -0.15) is 0 Å². The molecule has 0 saturated heterocycles. The molecule has 2 aromatic carbocycles. The molecule has 0 radical (unpaired) electrons. The van der Waals surface area contributed by atoms with Gasteiger partial charge in [0.1, 0.15) is 5.82 Å². The fourth-order valence-electron chi connectivity index (χ4n) is 2.19. The molecule has 19 heavy (non-hydrogen) atoms. The highest BCUT2D eigenvalue weighted by molar-refractivity contribution is 9.10. The van der Waals surface area contributed by atoms with Gasteiger partial charge in [0, 0.05) is 4.47 Å². The Morgan fingerprint density at radius 3 is 2.47 bits per heavy atom. The molecule has 2 nitrogen and oxygen atoms in total. The average molecular weight is 323 g/mol. The maximum atomic E-state index is 13.2. The molecular weight excluding hydrogens is 307 g/mol. The van der Waals surface area contributed by atoms with E-state index in [0.717, 1.165) is 26.7 Å². The standard InChI is InChI=1S/C15H16BrFN2/c1-9-3-6-14(16)13(7-9)15(19-18)12-5-4-11(17)8-10(12)2/h3-8,15,19H,18H2,1-2H3. The molecule has 0 aromatic heterocycles. The van der Waals surface area contributed by atoms with Gasteiger partial charge in [0.05, 0.1) is 6.04 Å². The Morgan fingerprint density at radius 1 is 1.11 bits per heavy atom. The first-order valence-electron chi connectivity index (χ1n) is 6.01. The lowest BCUT2D eigenvalue weighted by molar-refractivity contribution is 0.611. The van der Waals surface area contributed by atoms with Gasteiger partial charge in [-0.1, -0.05) is 39.7 Å². The van der Waals surface area contributed by atoms with E-state index < -0.39 is 0 Å². The van der Waals surface area contributed by atoms with E-state index in [2.05, 4.69) is 27.4 Å². The lowest BCUT2D eigenvalue weighted by Gasteiger charge is -2.21. The number of nitrogens with one attached hydrogen (secondary N) is 1. The first-order chi connectivity index (χ1) is 9.02. The number of benzene rings is 2. The van der Waals surface area contributed by atoms with Gasteiger partial charge in [-0.3, -0.25) is 5.84 Å². The monoisotopic (exact) mass is 322 g/mol. The summed E-state index contributed by atoms with van der Waals surface area (Å²) in [5.74, 6) is 5.46. The molecule has 0 fully saturated rings. The van der Waals surface area contributed by atoms with E-state index in [1.165, 1.54) is 12.1 Å². The van der Waals surface area contributed by atoms with Gasteiger partial charge in [0.15, 0.2) is 0 Å². The van der Waals surface area contributed by atoms with E-state index in [0.29, 0.717) is 0 Å². The molecule has 0 saturated carbocycles. The van der Waals surface area contributed by atoms with E-state index in [-0.39, 0.29) is 11.9 Å². The van der Waals surface area contributed by atoms with Gasteiger partial charge in [-0.05, 0) is 48.7 Å². The number of halogens is 2. The Bertz CT molecular complexity index is 599. The summed E-state index contributed by atoms with van der Waals surface area (Å²) in [6, 6.07) is 10.7. The van der Waals surface area contributed by atoms with Crippen LogP contribution in [0.15, 0.2) is 40.9 Å².